The summed E-state index contributed by atoms with van der Waals surface area (Å²) in [5, 5.41) is 4.26. The summed E-state index contributed by atoms with van der Waals surface area (Å²) in [6.07, 6.45) is 7.00. The number of rotatable bonds is 4. The smallest absolute Gasteiger partial charge is 0.226 e. The van der Waals surface area contributed by atoms with E-state index in [4.69, 9.17) is 4.74 Å². The first-order valence-corrected chi connectivity index (χ1v) is 8.60. The minimum absolute atomic E-state index is 0.135. The fraction of sp³-hybridized carbons (Fsp3) is 0.474. The van der Waals surface area contributed by atoms with Crippen molar-refractivity contribution in [2.45, 2.75) is 31.2 Å². The normalized spacial score (nSPS) is 25.8. The molecule has 4 rings (SSSR count). The van der Waals surface area contributed by atoms with Gasteiger partial charge in [-0.05, 0) is 42.9 Å². The molecule has 5 heteroatoms. The lowest BCUT2D eigenvalue weighted by Gasteiger charge is -2.24. The Labute approximate surface area is 142 Å². The molecule has 24 heavy (non-hydrogen) atoms. The van der Waals surface area contributed by atoms with Gasteiger partial charge in [0.05, 0.1) is 19.3 Å². The molecule has 1 aromatic heterocycles. The zero-order valence-electron chi connectivity index (χ0n) is 14.2. The Kier molecular flexibility index (Phi) is 3.79. The highest BCUT2D eigenvalue weighted by atomic mass is 16.5. The molecule has 0 spiro atoms. The van der Waals surface area contributed by atoms with Gasteiger partial charge in [-0.25, -0.2) is 0 Å². The number of amides is 1. The molecule has 0 N–H and O–H groups in total. The summed E-state index contributed by atoms with van der Waals surface area (Å²) in [6, 6.07) is 8.31. The van der Waals surface area contributed by atoms with E-state index in [0.717, 1.165) is 37.1 Å². The van der Waals surface area contributed by atoms with Crippen LogP contribution in [0.25, 0.3) is 0 Å². The first kappa shape index (κ1) is 15.2. The van der Waals surface area contributed by atoms with Crippen molar-refractivity contribution in [1.82, 2.24) is 14.7 Å². The Bertz CT molecular complexity index is 737. The first-order valence-electron chi connectivity index (χ1n) is 8.60. The molecule has 2 aromatic rings. The number of aromatic nitrogens is 2. The van der Waals surface area contributed by atoms with Gasteiger partial charge in [0.25, 0.3) is 0 Å². The Morgan fingerprint density at radius 3 is 2.71 bits per heavy atom. The van der Waals surface area contributed by atoms with Gasteiger partial charge in [0.1, 0.15) is 5.75 Å². The first-order chi connectivity index (χ1) is 11.7. The largest absolute Gasteiger partial charge is 0.497 e. The van der Waals surface area contributed by atoms with Crippen LogP contribution in [0.3, 0.4) is 0 Å². The van der Waals surface area contributed by atoms with Gasteiger partial charge < -0.3 is 9.64 Å². The van der Waals surface area contributed by atoms with Gasteiger partial charge in [-0.15, -0.1) is 0 Å². The third-order valence-corrected chi connectivity index (χ3v) is 5.30. The number of methoxy groups -OCH3 is 1. The maximum absolute atomic E-state index is 13.0. The molecule has 2 aliphatic rings. The number of likely N-dealkylation sites (tertiary alicyclic amines) is 1. The Morgan fingerprint density at radius 2 is 2.04 bits per heavy atom. The monoisotopic (exact) mass is 325 g/mol. The number of aryl methyl sites for hydroxylation is 1. The second-order valence-corrected chi connectivity index (χ2v) is 6.86. The van der Waals surface area contributed by atoms with E-state index >= 15 is 0 Å². The molecule has 1 aliphatic heterocycles. The van der Waals surface area contributed by atoms with Crippen LogP contribution in [0.5, 0.6) is 5.75 Å². The summed E-state index contributed by atoms with van der Waals surface area (Å²) in [6.45, 7) is 0.865. The van der Waals surface area contributed by atoms with E-state index in [1.54, 1.807) is 7.11 Å². The lowest BCUT2D eigenvalue weighted by Crippen LogP contribution is -2.32. The average Bonchev–Trinajstić information content (AvgIpc) is 3.03. The van der Waals surface area contributed by atoms with Crippen molar-refractivity contribution in [3.63, 3.8) is 0 Å². The highest BCUT2D eigenvalue weighted by molar-refractivity contribution is 5.83. The third-order valence-electron chi connectivity index (χ3n) is 5.30. The molecular formula is C19H23N3O2. The number of benzene rings is 1. The van der Waals surface area contributed by atoms with Gasteiger partial charge in [-0.3, -0.25) is 9.48 Å². The fourth-order valence-corrected chi connectivity index (χ4v) is 3.89. The molecule has 0 radical (unpaired) electrons. The summed E-state index contributed by atoms with van der Waals surface area (Å²) >= 11 is 0. The highest BCUT2D eigenvalue weighted by Crippen LogP contribution is 2.50. The fourth-order valence-electron chi connectivity index (χ4n) is 3.89. The summed E-state index contributed by atoms with van der Waals surface area (Å²) in [5.41, 5.74) is 2.40. The van der Waals surface area contributed by atoms with Gasteiger partial charge >= 0.3 is 0 Å². The van der Waals surface area contributed by atoms with Crippen LogP contribution in [0, 0.1) is 5.92 Å². The molecule has 5 nitrogen and oxygen atoms in total. The van der Waals surface area contributed by atoms with Crippen LogP contribution < -0.4 is 4.74 Å². The van der Waals surface area contributed by atoms with Gasteiger partial charge in [0.15, 0.2) is 0 Å². The number of hydrogen-bond donors (Lipinski definition) is 0. The minimum Gasteiger partial charge on any atom is -0.497 e. The van der Waals surface area contributed by atoms with Gasteiger partial charge in [-0.2, -0.15) is 5.10 Å². The molecular weight excluding hydrogens is 302 g/mol. The zero-order valence-corrected chi connectivity index (χ0v) is 14.2. The number of carbonyl (C=O) groups excluding carboxylic acids is 1. The summed E-state index contributed by atoms with van der Waals surface area (Å²) in [4.78, 5) is 15.1. The average molecular weight is 325 g/mol. The molecule has 3 unspecified atom stereocenters. The lowest BCUT2D eigenvalue weighted by molar-refractivity contribution is -0.133. The van der Waals surface area contributed by atoms with Crippen molar-refractivity contribution >= 4 is 5.91 Å². The lowest BCUT2D eigenvalue weighted by atomic mass is 10.1. The van der Waals surface area contributed by atoms with Crippen LogP contribution in [0.15, 0.2) is 36.7 Å². The molecule has 1 aliphatic carbocycles. The van der Waals surface area contributed by atoms with E-state index in [1.807, 2.05) is 36.3 Å². The highest BCUT2D eigenvalue weighted by Gasteiger charge is 2.47. The van der Waals surface area contributed by atoms with Crippen LogP contribution in [-0.2, 0) is 11.8 Å². The van der Waals surface area contributed by atoms with Crippen molar-refractivity contribution in [2.75, 3.05) is 13.7 Å². The predicted molar refractivity (Wildman–Crippen MR) is 90.7 cm³/mol. The third kappa shape index (κ3) is 2.68. The summed E-state index contributed by atoms with van der Waals surface area (Å²) in [7, 11) is 3.59. The van der Waals surface area contributed by atoms with E-state index < -0.39 is 0 Å². The minimum atomic E-state index is 0.135. The predicted octanol–water partition coefficient (Wildman–Crippen LogP) is 2.90. The van der Waals surface area contributed by atoms with E-state index in [1.165, 1.54) is 5.56 Å². The van der Waals surface area contributed by atoms with E-state index in [-0.39, 0.29) is 12.0 Å². The quantitative estimate of drug-likeness (QED) is 0.868. The molecule has 1 amide bonds. The molecule has 126 valence electrons. The van der Waals surface area contributed by atoms with E-state index in [9.17, 15) is 4.79 Å². The van der Waals surface area contributed by atoms with Gasteiger partial charge in [0, 0.05) is 31.3 Å². The maximum atomic E-state index is 13.0. The van der Waals surface area contributed by atoms with Crippen molar-refractivity contribution < 1.29 is 9.53 Å². The van der Waals surface area contributed by atoms with Crippen LogP contribution in [0.4, 0.5) is 0 Å². The van der Waals surface area contributed by atoms with Crippen LogP contribution in [0.2, 0.25) is 0 Å². The van der Waals surface area contributed by atoms with Gasteiger partial charge in [0.2, 0.25) is 5.91 Å². The zero-order chi connectivity index (χ0) is 16.7. The number of hydrogen-bond acceptors (Lipinski definition) is 3. The van der Waals surface area contributed by atoms with E-state index in [2.05, 4.69) is 22.1 Å². The number of carbonyl (C=O) groups is 1. The molecule has 0 bridgehead atoms. The second kappa shape index (κ2) is 5.96. The molecule has 1 saturated carbocycles. The maximum Gasteiger partial charge on any atom is 0.226 e. The van der Waals surface area contributed by atoms with Crippen molar-refractivity contribution in [2.24, 2.45) is 13.0 Å². The summed E-state index contributed by atoms with van der Waals surface area (Å²) < 4.78 is 7.02. The molecule has 1 aromatic carbocycles. The molecule has 2 fully saturated rings. The Morgan fingerprint density at radius 1 is 1.25 bits per heavy atom. The van der Waals surface area contributed by atoms with E-state index in [0.29, 0.717) is 11.8 Å². The second-order valence-electron chi connectivity index (χ2n) is 6.86. The van der Waals surface area contributed by atoms with Gasteiger partial charge in [-0.1, -0.05) is 12.1 Å². The Hall–Kier alpha value is -2.30. The van der Waals surface area contributed by atoms with Crippen LogP contribution in [-0.4, -0.2) is 34.2 Å². The van der Waals surface area contributed by atoms with Crippen LogP contribution >= 0.6 is 0 Å². The summed E-state index contributed by atoms with van der Waals surface area (Å²) in [5.74, 6) is 1.66. The molecule has 2 heterocycles. The standard InChI is InChI=1S/C19H23N3O2/c1-21-12-14(11-20-21)18-4-3-9-22(18)19(23)17-10-16(17)13-5-7-15(24-2)8-6-13/h5-8,11-12,16-18H,3-4,9-10H2,1-2H3. The SMILES string of the molecule is COc1ccc(C2CC2C(=O)N2CCCC2c2cnn(C)c2)cc1. The number of ether oxygens (including phenoxy) is 1. The number of nitrogens with zero attached hydrogens (tertiary/aromatic N) is 3. The van der Waals surface area contributed by atoms with Crippen molar-refractivity contribution in [3.8, 4) is 5.75 Å². The van der Waals surface area contributed by atoms with Crippen molar-refractivity contribution in [3.05, 3.63) is 47.8 Å². The molecule has 1 saturated heterocycles. The Balaban J connectivity index is 1.46. The van der Waals surface area contributed by atoms with Crippen molar-refractivity contribution in [1.29, 1.82) is 0 Å². The van der Waals surface area contributed by atoms with Crippen LogP contribution in [0.1, 0.15) is 42.3 Å². The molecule has 3 atom stereocenters. The topological polar surface area (TPSA) is 47.4 Å².